The molecule has 1 heterocycles. The van der Waals surface area contributed by atoms with Crippen molar-refractivity contribution in [2.45, 2.75) is 12.8 Å². The lowest BCUT2D eigenvalue weighted by Crippen LogP contribution is -1.97. The fourth-order valence-electron chi connectivity index (χ4n) is 2.17. The van der Waals surface area contributed by atoms with Crippen LogP contribution in [0.15, 0.2) is 48.7 Å². The van der Waals surface area contributed by atoms with Crippen LogP contribution in [0.1, 0.15) is 18.5 Å². The van der Waals surface area contributed by atoms with E-state index in [-0.39, 0.29) is 17.4 Å². The largest absolute Gasteiger partial charge is 0.317 e. The third-order valence-electron chi connectivity index (χ3n) is 3.52. The lowest BCUT2D eigenvalue weighted by Gasteiger charge is -2.06. The van der Waals surface area contributed by atoms with E-state index in [1.807, 2.05) is 22.9 Å². The van der Waals surface area contributed by atoms with Gasteiger partial charge in [-0.15, -0.1) is 0 Å². The Hall–Kier alpha value is -2.69. The van der Waals surface area contributed by atoms with E-state index in [1.54, 1.807) is 24.3 Å². The van der Waals surface area contributed by atoms with E-state index in [2.05, 4.69) is 0 Å². The smallest absolute Gasteiger partial charge is 0.269 e. The zero-order valence-electron chi connectivity index (χ0n) is 11.3. The first-order valence-corrected chi connectivity index (χ1v) is 6.79. The van der Waals surface area contributed by atoms with Gasteiger partial charge in [0, 0.05) is 35.6 Å². The number of benzene rings is 1. The van der Waals surface area contributed by atoms with Crippen molar-refractivity contribution in [3.63, 3.8) is 0 Å². The number of hydrogen-bond acceptors (Lipinski definition) is 3. The molecule has 1 aromatic carbocycles. The Bertz CT molecular complexity index is 709. The zero-order chi connectivity index (χ0) is 14.8. The van der Waals surface area contributed by atoms with Crippen molar-refractivity contribution in [2.24, 2.45) is 5.92 Å². The first-order chi connectivity index (χ1) is 10.1. The van der Waals surface area contributed by atoms with E-state index >= 15 is 0 Å². The maximum absolute atomic E-state index is 11.7. The maximum atomic E-state index is 11.7. The van der Waals surface area contributed by atoms with Crippen LogP contribution in [0.25, 0.3) is 11.8 Å². The lowest BCUT2D eigenvalue weighted by molar-refractivity contribution is -0.384. The van der Waals surface area contributed by atoms with Crippen molar-refractivity contribution in [1.82, 2.24) is 4.57 Å². The summed E-state index contributed by atoms with van der Waals surface area (Å²) in [6, 6.07) is 10.1. The van der Waals surface area contributed by atoms with Crippen molar-refractivity contribution < 1.29 is 9.72 Å². The van der Waals surface area contributed by atoms with Crippen molar-refractivity contribution in [2.75, 3.05) is 0 Å². The molecule has 0 aliphatic heterocycles. The second-order valence-electron chi connectivity index (χ2n) is 5.09. The number of nitro benzene ring substituents is 1. The molecule has 0 unspecified atom stereocenters. The van der Waals surface area contributed by atoms with Crippen LogP contribution in [-0.2, 0) is 4.79 Å². The maximum Gasteiger partial charge on any atom is 0.269 e. The van der Waals surface area contributed by atoms with Crippen molar-refractivity contribution in [3.8, 4) is 5.69 Å². The second-order valence-corrected chi connectivity index (χ2v) is 5.09. The Labute approximate surface area is 121 Å². The molecule has 1 aliphatic carbocycles. The summed E-state index contributed by atoms with van der Waals surface area (Å²) in [7, 11) is 0. The summed E-state index contributed by atoms with van der Waals surface area (Å²) in [5.41, 5.74) is 1.76. The molecule has 2 aromatic rings. The molecule has 5 heteroatoms. The van der Waals surface area contributed by atoms with Crippen LogP contribution in [0.5, 0.6) is 0 Å². The molecule has 0 saturated heterocycles. The van der Waals surface area contributed by atoms with Gasteiger partial charge in [-0.2, -0.15) is 0 Å². The summed E-state index contributed by atoms with van der Waals surface area (Å²) in [6.45, 7) is 0. The standard InChI is InChI=1S/C16H14N2O3/c19-16(12-3-4-12)10-9-13-2-1-11-17(13)14-5-7-15(8-6-14)18(20)21/h1-2,5-12H,3-4H2/b10-9+. The van der Waals surface area contributed by atoms with Crippen molar-refractivity contribution in [3.05, 3.63) is 64.5 Å². The number of non-ortho nitro benzene ring substituents is 1. The summed E-state index contributed by atoms with van der Waals surface area (Å²) in [6.07, 6.45) is 7.26. The first-order valence-electron chi connectivity index (χ1n) is 6.79. The van der Waals surface area contributed by atoms with Crippen molar-refractivity contribution in [1.29, 1.82) is 0 Å². The van der Waals surface area contributed by atoms with Gasteiger partial charge in [-0.3, -0.25) is 14.9 Å². The van der Waals surface area contributed by atoms with Crippen LogP contribution in [0.4, 0.5) is 5.69 Å². The molecule has 5 nitrogen and oxygen atoms in total. The fourth-order valence-corrected chi connectivity index (χ4v) is 2.17. The summed E-state index contributed by atoms with van der Waals surface area (Å²) >= 11 is 0. The van der Waals surface area contributed by atoms with Gasteiger partial charge in [0.1, 0.15) is 0 Å². The van der Waals surface area contributed by atoms with Crippen molar-refractivity contribution >= 4 is 17.5 Å². The molecular weight excluding hydrogens is 268 g/mol. The summed E-state index contributed by atoms with van der Waals surface area (Å²) in [5.74, 6) is 0.385. The van der Waals surface area contributed by atoms with Crippen LogP contribution in [-0.4, -0.2) is 15.3 Å². The number of allylic oxidation sites excluding steroid dienone is 1. The van der Waals surface area contributed by atoms with Crippen LogP contribution in [0.3, 0.4) is 0 Å². The summed E-state index contributed by atoms with van der Waals surface area (Å²) in [4.78, 5) is 21.9. The molecule has 0 bridgehead atoms. The highest BCUT2D eigenvalue weighted by Gasteiger charge is 2.27. The van der Waals surface area contributed by atoms with Gasteiger partial charge in [0.2, 0.25) is 0 Å². The molecule has 1 saturated carbocycles. The molecule has 21 heavy (non-hydrogen) atoms. The van der Waals surface area contributed by atoms with E-state index in [1.165, 1.54) is 12.1 Å². The van der Waals surface area contributed by atoms with Gasteiger partial charge in [-0.1, -0.05) is 0 Å². The van der Waals surface area contributed by atoms with Gasteiger partial charge >= 0.3 is 0 Å². The predicted molar refractivity (Wildman–Crippen MR) is 79.2 cm³/mol. The molecule has 0 amide bonds. The molecule has 106 valence electrons. The predicted octanol–water partition coefficient (Wildman–Crippen LogP) is 3.38. The van der Waals surface area contributed by atoms with Gasteiger partial charge in [0.15, 0.2) is 5.78 Å². The number of carbonyl (C=O) groups excluding carboxylic acids is 1. The van der Waals surface area contributed by atoms with E-state index in [9.17, 15) is 14.9 Å². The average molecular weight is 282 g/mol. The van der Waals surface area contributed by atoms with E-state index < -0.39 is 4.92 Å². The monoisotopic (exact) mass is 282 g/mol. The number of ketones is 1. The Balaban J connectivity index is 1.84. The highest BCUT2D eigenvalue weighted by atomic mass is 16.6. The molecular formula is C16H14N2O3. The fraction of sp³-hybridized carbons (Fsp3) is 0.188. The van der Waals surface area contributed by atoms with E-state index in [0.29, 0.717) is 0 Å². The highest BCUT2D eigenvalue weighted by molar-refractivity contribution is 5.96. The van der Waals surface area contributed by atoms with Gasteiger partial charge < -0.3 is 4.57 Å². The van der Waals surface area contributed by atoms with Crippen LogP contribution >= 0.6 is 0 Å². The average Bonchev–Trinajstić information content (AvgIpc) is 3.23. The van der Waals surface area contributed by atoms with Gasteiger partial charge in [-0.25, -0.2) is 0 Å². The Morgan fingerprint density at radius 1 is 1.24 bits per heavy atom. The molecule has 0 atom stereocenters. The molecule has 0 N–H and O–H groups in total. The van der Waals surface area contributed by atoms with E-state index in [4.69, 9.17) is 0 Å². The van der Waals surface area contributed by atoms with Gasteiger partial charge in [0.25, 0.3) is 5.69 Å². The molecule has 1 aromatic heterocycles. The number of carbonyl (C=O) groups is 1. The Morgan fingerprint density at radius 2 is 1.95 bits per heavy atom. The van der Waals surface area contributed by atoms with Gasteiger partial charge in [0.05, 0.1) is 4.92 Å². The number of nitro groups is 1. The summed E-state index contributed by atoms with van der Waals surface area (Å²) in [5, 5.41) is 10.7. The minimum Gasteiger partial charge on any atom is -0.317 e. The zero-order valence-corrected chi connectivity index (χ0v) is 11.3. The van der Waals surface area contributed by atoms with Gasteiger partial charge in [-0.05, 0) is 49.3 Å². The number of rotatable bonds is 5. The Kier molecular flexibility index (Phi) is 3.39. The molecule has 1 fully saturated rings. The third kappa shape index (κ3) is 2.91. The third-order valence-corrected chi connectivity index (χ3v) is 3.52. The second kappa shape index (κ2) is 5.36. The van der Waals surface area contributed by atoms with Crippen LogP contribution in [0.2, 0.25) is 0 Å². The topological polar surface area (TPSA) is 65.1 Å². The highest BCUT2D eigenvalue weighted by Crippen LogP contribution is 2.30. The first kappa shape index (κ1) is 13.3. The van der Waals surface area contributed by atoms with E-state index in [0.717, 1.165) is 24.2 Å². The molecule has 1 aliphatic rings. The lowest BCUT2D eigenvalue weighted by atomic mass is 10.2. The molecule has 0 radical (unpaired) electrons. The minimum atomic E-state index is -0.422. The van der Waals surface area contributed by atoms with Crippen LogP contribution in [0, 0.1) is 16.0 Å². The number of nitrogens with zero attached hydrogens (tertiary/aromatic N) is 2. The molecule has 0 spiro atoms. The summed E-state index contributed by atoms with van der Waals surface area (Å²) < 4.78 is 1.89. The number of aromatic nitrogens is 1. The minimum absolute atomic E-state index is 0.0620. The van der Waals surface area contributed by atoms with Crippen LogP contribution < -0.4 is 0 Å². The quantitative estimate of drug-likeness (QED) is 0.479. The molecule has 3 rings (SSSR count). The number of hydrogen-bond donors (Lipinski definition) is 0. The normalized spacial score (nSPS) is 14.5. The SMILES string of the molecule is O=C(/C=C/c1cccn1-c1ccc([N+](=O)[O-])cc1)C1CC1. The Morgan fingerprint density at radius 3 is 2.57 bits per heavy atom.